The zero-order valence-electron chi connectivity index (χ0n) is 21.8. The summed E-state index contributed by atoms with van der Waals surface area (Å²) >= 11 is 6.29. The van der Waals surface area contributed by atoms with E-state index in [2.05, 4.69) is 5.32 Å². The summed E-state index contributed by atoms with van der Waals surface area (Å²) in [6.07, 6.45) is -2.97. The highest BCUT2D eigenvalue weighted by Crippen LogP contribution is 2.39. The number of carbonyl (C=O) groups excluding carboxylic acids is 2. The molecule has 1 saturated heterocycles. The van der Waals surface area contributed by atoms with Gasteiger partial charge in [-0.15, -0.1) is 0 Å². The van der Waals surface area contributed by atoms with Gasteiger partial charge in [0.2, 0.25) is 0 Å². The van der Waals surface area contributed by atoms with Crippen molar-refractivity contribution < 1.29 is 32.2 Å². The number of hydrogen-bond donors (Lipinski definition) is 1. The number of thioether (sulfide) groups is 1. The molecule has 3 aromatic carbocycles. The maximum atomic E-state index is 13.2. The van der Waals surface area contributed by atoms with E-state index < -0.39 is 17.6 Å². The third-order valence-electron chi connectivity index (χ3n) is 5.90. The van der Waals surface area contributed by atoms with Crippen molar-refractivity contribution in [1.82, 2.24) is 0 Å². The van der Waals surface area contributed by atoms with E-state index >= 15 is 0 Å². The van der Waals surface area contributed by atoms with Gasteiger partial charge in [0.25, 0.3) is 11.8 Å². The maximum Gasteiger partial charge on any atom is 0.416 e. The van der Waals surface area contributed by atoms with Crippen molar-refractivity contribution in [3.8, 4) is 11.5 Å². The largest absolute Gasteiger partial charge is 0.490 e. The second-order valence-electron chi connectivity index (χ2n) is 8.81. The van der Waals surface area contributed by atoms with E-state index in [-0.39, 0.29) is 27.4 Å². The Hall–Kier alpha value is -3.83. The Morgan fingerprint density at radius 3 is 2.40 bits per heavy atom. The van der Waals surface area contributed by atoms with E-state index in [9.17, 15) is 22.8 Å². The van der Waals surface area contributed by atoms with Crippen molar-refractivity contribution in [2.75, 3.05) is 23.4 Å². The summed E-state index contributed by atoms with van der Waals surface area (Å²) in [4.78, 5) is 27.0. The van der Waals surface area contributed by atoms with Gasteiger partial charge in [-0.1, -0.05) is 54.3 Å². The molecule has 1 aliphatic rings. The second kappa shape index (κ2) is 12.1. The summed E-state index contributed by atoms with van der Waals surface area (Å²) in [7, 11) is 0. The van der Waals surface area contributed by atoms with Crippen LogP contribution in [0.4, 0.5) is 24.5 Å². The van der Waals surface area contributed by atoms with Crippen molar-refractivity contribution in [2.24, 2.45) is 0 Å². The minimum absolute atomic E-state index is 0.0404. The molecule has 11 heteroatoms. The van der Waals surface area contributed by atoms with Crippen molar-refractivity contribution in [3.05, 3.63) is 87.8 Å². The summed E-state index contributed by atoms with van der Waals surface area (Å²) in [6.45, 7) is 5.69. The third-order valence-corrected chi connectivity index (χ3v) is 7.20. The van der Waals surface area contributed by atoms with Crippen LogP contribution in [0.5, 0.6) is 11.5 Å². The minimum Gasteiger partial charge on any atom is -0.490 e. The standard InChI is InChI=1S/C29H25F3N2O4S2/c1-4-37-23-13-19(11-12-22(23)38-16-25(35)33-26-17(2)7-5-8-18(26)3)14-24-27(36)34(28(39)40-24)21-10-6-9-20(15-21)29(30,31)32/h5-15H,4,16H2,1-3H3,(H,33,35)/b24-14-. The van der Waals surface area contributed by atoms with Gasteiger partial charge in [0.05, 0.1) is 22.8 Å². The van der Waals surface area contributed by atoms with Gasteiger partial charge in [-0.25, -0.2) is 0 Å². The lowest BCUT2D eigenvalue weighted by Gasteiger charge is -2.16. The van der Waals surface area contributed by atoms with Gasteiger partial charge in [0, 0.05) is 5.69 Å². The van der Waals surface area contributed by atoms with Crippen LogP contribution in [-0.4, -0.2) is 29.3 Å². The number of amides is 2. The molecule has 0 aliphatic carbocycles. The number of rotatable bonds is 8. The van der Waals surface area contributed by atoms with Crippen LogP contribution in [0.1, 0.15) is 29.2 Å². The Morgan fingerprint density at radius 2 is 1.73 bits per heavy atom. The number of ether oxygens (including phenoxy) is 2. The van der Waals surface area contributed by atoms with E-state index in [1.54, 1.807) is 31.2 Å². The van der Waals surface area contributed by atoms with Gasteiger partial charge in [-0.05, 0) is 73.9 Å². The predicted octanol–water partition coefficient (Wildman–Crippen LogP) is 7.14. The Balaban J connectivity index is 1.50. The van der Waals surface area contributed by atoms with Gasteiger partial charge in [-0.3, -0.25) is 14.5 Å². The van der Waals surface area contributed by atoms with E-state index in [0.717, 1.165) is 45.6 Å². The van der Waals surface area contributed by atoms with Crippen LogP contribution < -0.4 is 19.7 Å². The number of alkyl halides is 3. The monoisotopic (exact) mass is 586 g/mol. The number of anilines is 2. The number of halogens is 3. The van der Waals surface area contributed by atoms with Crippen LogP contribution in [0.3, 0.4) is 0 Å². The fourth-order valence-corrected chi connectivity index (χ4v) is 5.29. The molecule has 0 atom stereocenters. The van der Waals surface area contributed by atoms with Crippen LogP contribution in [0, 0.1) is 13.8 Å². The molecule has 3 aromatic rings. The normalized spacial score (nSPS) is 14.6. The number of para-hydroxylation sites is 1. The van der Waals surface area contributed by atoms with Gasteiger partial charge >= 0.3 is 6.18 Å². The molecule has 0 saturated carbocycles. The van der Waals surface area contributed by atoms with E-state index in [0.29, 0.717) is 23.7 Å². The first-order chi connectivity index (χ1) is 19.0. The van der Waals surface area contributed by atoms with Crippen molar-refractivity contribution in [2.45, 2.75) is 26.9 Å². The Labute approximate surface area is 239 Å². The molecule has 0 aromatic heterocycles. The number of aryl methyl sites for hydroxylation is 2. The lowest BCUT2D eigenvalue weighted by atomic mass is 10.1. The number of carbonyl (C=O) groups is 2. The van der Waals surface area contributed by atoms with Crippen LogP contribution >= 0.6 is 24.0 Å². The summed E-state index contributed by atoms with van der Waals surface area (Å²) in [6, 6.07) is 15.1. The summed E-state index contributed by atoms with van der Waals surface area (Å²) < 4.78 is 51.1. The number of nitrogens with one attached hydrogen (secondary N) is 1. The topological polar surface area (TPSA) is 67.9 Å². The number of hydrogen-bond acceptors (Lipinski definition) is 6. The predicted molar refractivity (Wildman–Crippen MR) is 155 cm³/mol. The highest BCUT2D eigenvalue weighted by Gasteiger charge is 2.36. The maximum absolute atomic E-state index is 13.2. The first-order valence-corrected chi connectivity index (χ1v) is 13.4. The summed E-state index contributed by atoms with van der Waals surface area (Å²) in [5.41, 5.74) is 2.36. The number of nitrogens with zero attached hydrogens (tertiary/aromatic N) is 1. The quantitative estimate of drug-likeness (QED) is 0.224. The zero-order chi connectivity index (χ0) is 29.0. The smallest absolute Gasteiger partial charge is 0.416 e. The minimum atomic E-state index is -4.55. The average molecular weight is 587 g/mol. The van der Waals surface area contributed by atoms with Crippen LogP contribution in [0.25, 0.3) is 6.08 Å². The highest BCUT2D eigenvalue weighted by atomic mass is 32.2. The lowest BCUT2D eigenvalue weighted by Crippen LogP contribution is -2.27. The molecule has 1 aliphatic heterocycles. The first-order valence-electron chi connectivity index (χ1n) is 12.2. The number of benzene rings is 3. The summed E-state index contributed by atoms with van der Waals surface area (Å²) in [5.74, 6) is -0.158. The average Bonchev–Trinajstić information content (AvgIpc) is 3.18. The van der Waals surface area contributed by atoms with Crippen molar-refractivity contribution in [1.29, 1.82) is 0 Å². The fraction of sp³-hybridized carbons (Fsp3) is 0.207. The Morgan fingerprint density at radius 1 is 1.02 bits per heavy atom. The van der Waals surface area contributed by atoms with E-state index in [1.165, 1.54) is 12.1 Å². The van der Waals surface area contributed by atoms with Crippen molar-refractivity contribution >= 4 is 57.6 Å². The molecule has 4 rings (SSSR count). The molecule has 1 fully saturated rings. The molecule has 1 N–H and O–H groups in total. The molecule has 0 bridgehead atoms. The molecule has 40 heavy (non-hydrogen) atoms. The van der Waals surface area contributed by atoms with Crippen LogP contribution in [0.2, 0.25) is 0 Å². The molecule has 0 unspecified atom stereocenters. The molecule has 6 nitrogen and oxygen atoms in total. The third kappa shape index (κ3) is 6.65. The fourth-order valence-electron chi connectivity index (χ4n) is 4.00. The van der Waals surface area contributed by atoms with Gasteiger partial charge in [-0.2, -0.15) is 13.2 Å². The zero-order valence-corrected chi connectivity index (χ0v) is 23.4. The van der Waals surface area contributed by atoms with E-state index in [1.807, 2.05) is 32.0 Å². The first kappa shape index (κ1) is 29.2. The summed E-state index contributed by atoms with van der Waals surface area (Å²) in [5, 5.41) is 2.86. The highest BCUT2D eigenvalue weighted by molar-refractivity contribution is 8.27. The van der Waals surface area contributed by atoms with Gasteiger partial charge in [0.15, 0.2) is 22.4 Å². The Bertz CT molecular complexity index is 1480. The van der Waals surface area contributed by atoms with Gasteiger partial charge < -0.3 is 14.8 Å². The second-order valence-corrected chi connectivity index (χ2v) is 10.5. The molecule has 2 amide bonds. The van der Waals surface area contributed by atoms with Crippen LogP contribution in [0.15, 0.2) is 65.6 Å². The number of thiocarbonyl (C=S) groups is 1. The molecule has 0 spiro atoms. The molecular formula is C29H25F3N2O4S2. The molecule has 1 heterocycles. The molecule has 208 valence electrons. The molecular weight excluding hydrogens is 561 g/mol. The van der Waals surface area contributed by atoms with Gasteiger partial charge in [0.1, 0.15) is 0 Å². The lowest BCUT2D eigenvalue weighted by molar-refractivity contribution is -0.137. The molecule has 0 radical (unpaired) electrons. The SMILES string of the molecule is CCOc1cc(/C=C2\SC(=S)N(c3cccc(C(F)(F)F)c3)C2=O)ccc1OCC(=O)Nc1c(C)cccc1C. The van der Waals surface area contributed by atoms with Crippen LogP contribution in [-0.2, 0) is 15.8 Å². The van der Waals surface area contributed by atoms with E-state index in [4.69, 9.17) is 21.7 Å². The Kier molecular flexibility index (Phi) is 8.85. The van der Waals surface area contributed by atoms with Crippen molar-refractivity contribution in [3.63, 3.8) is 0 Å².